The summed E-state index contributed by atoms with van der Waals surface area (Å²) in [6.45, 7) is 0.965. The Labute approximate surface area is 633 Å². The molecule has 0 amide bonds. The Hall–Kier alpha value is -2.43. The molecule has 1 spiro atoms. The van der Waals surface area contributed by atoms with Crippen LogP contribution in [0.2, 0.25) is 0 Å². The van der Waals surface area contributed by atoms with Gasteiger partial charge < -0.3 is 209 Å². The van der Waals surface area contributed by atoms with Gasteiger partial charge in [0.25, 0.3) is 0 Å². The second-order valence-electron chi connectivity index (χ2n) is 32.1. The van der Waals surface area contributed by atoms with Crippen LogP contribution < -0.4 is 0 Å². The maximum absolute atomic E-state index is 14.9. The van der Waals surface area contributed by atoms with Crippen LogP contribution in [0.4, 0.5) is 0 Å². The highest BCUT2D eigenvalue weighted by molar-refractivity contribution is 5.77. The molecule has 0 radical (unpaired) electrons. The first-order valence-corrected chi connectivity index (χ1v) is 37.4. The van der Waals surface area contributed by atoms with Crippen LogP contribution in [-0.4, -0.2) is 443 Å². The fourth-order valence-electron chi connectivity index (χ4n) is 19.3. The Kier molecular flexibility index (Phi) is 27.8. The van der Waals surface area contributed by atoms with E-state index in [1.165, 1.54) is 0 Å². The van der Waals surface area contributed by atoms with Crippen molar-refractivity contribution in [2.24, 2.45) is 28.1 Å². The van der Waals surface area contributed by atoms with Crippen LogP contribution in [0, 0.1) is 28.1 Å². The van der Waals surface area contributed by atoms with E-state index in [9.17, 15) is 138 Å². The highest BCUT2D eigenvalue weighted by Gasteiger charge is 2.70. The van der Waals surface area contributed by atoms with Crippen molar-refractivity contribution in [3.8, 4) is 0 Å². The Morgan fingerprint density at radius 2 is 0.703 bits per heavy atom. The number of hydrogen-bond acceptors (Lipinski definition) is 43. The van der Waals surface area contributed by atoms with Gasteiger partial charge in [-0.3, -0.25) is 4.79 Å². The SMILES string of the molecule is C=C1CC23CCC4C(C)(C(=O)OC5OC(COC6OC(CO)C(O)C(O)C6O)C(O)C(O)C5O)CCCC4(C)C2CCC1(OC1OC(CO)C(O)C(OC2OC(CO)C(OC4OC(CO)C(OC5OC(CO)C(OC6OC(CO)C(O)C(O)C6O)C(O)C5O)C(O)C4O)C(O)C2O)C1OC1OC(CO)C(O)C(O)C1O)C3. The molecule has 0 aromatic rings. The fraction of sp³-hybridized carbons (Fsp3) is 0.956. The summed E-state index contributed by atoms with van der Waals surface area (Å²) in [4.78, 5) is 14.9. The van der Waals surface area contributed by atoms with Gasteiger partial charge in [0.15, 0.2) is 44.0 Å². The van der Waals surface area contributed by atoms with Gasteiger partial charge in [0.1, 0.15) is 195 Å². The molecule has 43 nitrogen and oxygen atoms in total. The number of aliphatic hydroxyl groups is 26. The van der Waals surface area contributed by atoms with Gasteiger partial charge in [-0.2, -0.15) is 0 Å². The molecule has 43 heteroatoms. The monoisotopic (exact) mass is 1610 g/mol. The highest BCUT2D eigenvalue weighted by Crippen LogP contribution is 2.74. The van der Waals surface area contributed by atoms with E-state index in [4.69, 9.17) is 75.8 Å². The average molecular weight is 1620 g/mol. The predicted octanol–water partition coefficient (Wildman–Crippen LogP) is -13.8. The Balaban J connectivity index is 0.731. The molecule has 8 heterocycles. The molecule has 4 saturated carbocycles. The van der Waals surface area contributed by atoms with Gasteiger partial charge in [0, 0.05) is 0 Å². The standard InChI is InChI=1S/C68H110O43/c1-21-11-67-9-5-30-65(2,7-4-8-66(30,3)64(95)110-62-47(91)40(84)35(79)29(104-62)19-96-56-44(88)37(81)32(76)22(12-69)97-56)31(67)6-10-68(21,20-67)111-63-55(109-58-46(90)39(83)34(78)24(14-71)99-58)54(36(80)25(15-72)100-63)108-61-50(94)43(87)53(28(18-75)103-61)107-60-49(93)42(86)52(27(17-74)102-60)106-59-48(92)41(85)51(26(16-73)101-59)105-57-45(89)38(82)33(77)23(13-70)98-57/h22-63,69-94H,1,4-20H2,2-3H3. The molecule has 12 rings (SSSR count). The van der Waals surface area contributed by atoms with E-state index in [1.54, 1.807) is 6.92 Å². The van der Waals surface area contributed by atoms with Crippen LogP contribution in [0.15, 0.2) is 12.2 Å². The first-order chi connectivity index (χ1) is 52.5. The van der Waals surface area contributed by atoms with E-state index in [0.717, 1.165) is 0 Å². The highest BCUT2D eigenvalue weighted by atomic mass is 16.8. The lowest BCUT2D eigenvalue weighted by molar-refractivity contribution is -0.407. The number of carbonyl (C=O) groups is 1. The first kappa shape index (κ1) is 87.9. The molecule has 4 aliphatic carbocycles. The lowest BCUT2D eigenvalue weighted by Gasteiger charge is -2.64. The smallest absolute Gasteiger partial charge is 0.314 e. The zero-order chi connectivity index (χ0) is 80.7. The molecule has 46 unspecified atom stereocenters. The third-order valence-electron chi connectivity index (χ3n) is 25.5. The van der Waals surface area contributed by atoms with Crippen molar-refractivity contribution in [2.75, 3.05) is 52.9 Å². The summed E-state index contributed by atoms with van der Waals surface area (Å²) in [5.74, 6) is -1.32. The molecule has 8 saturated heterocycles. The fourth-order valence-corrected chi connectivity index (χ4v) is 19.3. The molecular weight excluding hydrogens is 1500 g/mol. The number of fused-ring (bicyclic) bond motifs is 3. The summed E-state index contributed by atoms with van der Waals surface area (Å²) in [5.41, 5.74) is -3.27. The summed E-state index contributed by atoms with van der Waals surface area (Å²) < 4.78 is 94.8. The van der Waals surface area contributed by atoms with E-state index < -0.39 is 326 Å². The van der Waals surface area contributed by atoms with Crippen molar-refractivity contribution in [3.05, 3.63) is 12.2 Å². The molecule has 12 aliphatic rings. The van der Waals surface area contributed by atoms with Gasteiger partial charge in [-0.1, -0.05) is 19.9 Å². The first-order valence-electron chi connectivity index (χ1n) is 37.4. The van der Waals surface area contributed by atoms with Crippen molar-refractivity contribution in [1.82, 2.24) is 0 Å². The van der Waals surface area contributed by atoms with Gasteiger partial charge in [0.2, 0.25) is 6.29 Å². The number of aliphatic hydroxyl groups excluding tert-OH is 26. The molecule has 2 bridgehead atoms. The molecule has 0 aromatic heterocycles. The number of hydrogen-bond donors (Lipinski definition) is 26. The average Bonchev–Trinajstić information content (AvgIpc) is 1.57. The molecule has 8 aliphatic heterocycles. The van der Waals surface area contributed by atoms with E-state index in [2.05, 4.69) is 13.5 Å². The minimum Gasteiger partial charge on any atom is -0.432 e. The largest absolute Gasteiger partial charge is 0.432 e. The van der Waals surface area contributed by atoms with Gasteiger partial charge in [0.05, 0.1) is 63.9 Å². The van der Waals surface area contributed by atoms with Gasteiger partial charge in [-0.05, 0) is 86.5 Å². The molecule has 12 fully saturated rings. The molecular formula is C68H110O43. The van der Waals surface area contributed by atoms with Crippen molar-refractivity contribution < 1.29 is 213 Å². The number of rotatable bonds is 24. The van der Waals surface area contributed by atoms with Gasteiger partial charge >= 0.3 is 5.97 Å². The third-order valence-corrected chi connectivity index (χ3v) is 25.5. The quantitative estimate of drug-likeness (QED) is 0.0242. The summed E-state index contributed by atoms with van der Waals surface area (Å²) >= 11 is 0. The number of carbonyl (C=O) groups excluding carboxylic acids is 1. The maximum atomic E-state index is 14.9. The molecule has 46 atom stereocenters. The molecule has 111 heavy (non-hydrogen) atoms. The van der Waals surface area contributed by atoms with Crippen molar-refractivity contribution >= 4 is 5.97 Å². The Morgan fingerprint density at radius 1 is 0.360 bits per heavy atom. The lowest BCUT2D eigenvalue weighted by Crippen LogP contribution is -2.69. The van der Waals surface area contributed by atoms with E-state index in [-0.39, 0.29) is 24.7 Å². The van der Waals surface area contributed by atoms with E-state index in [1.807, 2.05) is 0 Å². The van der Waals surface area contributed by atoms with Crippen LogP contribution in [0.3, 0.4) is 0 Å². The summed E-state index contributed by atoms with van der Waals surface area (Å²) in [6.07, 6.45) is -72.9. The second kappa shape index (κ2) is 35.1. The van der Waals surface area contributed by atoms with Crippen molar-refractivity contribution in [1.29, 1.82) is 0 Å². The zero-order valence-electron chi connectivity index (χ0n) is 60.5. The normalized spacial score (nSPS) is 54.4. The summed E-state index contributed by atoms with van der Waals surface area (Å²) in [5, 5.41) is 283. The summed E-state index contributed by atoms with van der Waals surface area (Å²) in [6, 6.07) is 0. The van der Waals surface area contributed by atoms with Crippen LogP contribution in [0.5, 0.6) is 0 Å². The molecule has 640 valence electrons. The van der Waals surface area contributed by atoms with Crippen LogP contribution in [-0.2, 0) is 80.6 Å². The van der Waals surface area contributed by atoms with Crippen LogP contribution in [0.25, 0.3) is 0 Å². The predicted molar refractivity (Wildman–Crippen MR) is 350 cm³/mol. The Morgan fingerprint density at radius 3 is 1.14 bits per heavy atom. The summed E-state index contributed by atoms with van der Waals surface area (Å²) in [7, 11) is 0. The third kappa shape index (κ3) is 16.1. The van der Waals surface area contributed by atoms with Gasteiger partial charge in [-0.15, -0.1) is 0 Å². The molecule has 0 aromatic carbocycles. The van der Waals surface area contributed by atoms with Crippen LogP contribution >= 0.6 is 0 Å². The Bertz CT molecular complexity index is 3050. The van der Waals surface area contributed by atoms with Gasteiger partial charge in [-0.25, -0.2) is 0 Å². The minimum atomic E-state index is -2.32. The van der Waals surface area contributed by atoms with Crippen LogP contribution in [0.1, 0.15) is 71.6 Å². The lowest BCUT2D eigenvalue weighted by atomic mass is 9.41. The second-order valence-corrected chi connectivity index (χ2v) is 32.1. The van der Waals surface area contributed by atoms with Crippen molar-refractivity contribution in [3.63, 3.8) is 0 Å². The zero-order valence-corrected chi connectivity index (χ0v) is 60.5. The number of ether oxygens (including phenoxy) is 16. The topological polar surface area (TPSA) is 691 Å². The van der Waals surface area contributed by atoms with E-state index >= 15 is 0 Å². The maximum Gasteiger partial charge on any atom is 0.314 e. The number of esters is 1. The minimum absolute atomic E-state index is 0.157. The van der Waals surface area contributed by atoms with Crippen molar-refractivity contribution in [2.45, 2.75) is 323 Å². The van der Waals surface area contributed by atoms with E-state index in [0.29, 0.717) is 50.5 Å². The molecule has 26 N–H and O–H groups in total.